The van der Waals surface area contributed by atoms with Gasteiger partial charge in [0.1, 0.15) is 12.0 Å². The van der Waals surface area contributed by atoms with Crippen LogP contribution in [0.4, 0.5) is 0 Å². The van der Waals surface area contributed by atoms with E-state index < -0.39 is 7.60 Å². The second-order valence-corrected chi connectivity index (χ2v) is 6.40. The van der Waals surface area contributed by atoms with Crippen LogP contribution < -0.4 is 0 Å². The van der Waals surface area contributed by atoms with Gasteiger partial charge in [-0.3, -0.25) is 4.57 Å². The van der Waals surface area contributed by atoms with E-state index in [1.807, 2.05) is 31.2 Å². The molecule has 2 rings (SSSR count). The number of hydrogen-bond acceptors (Lipinski definition) is 5. The zero-order valence-electron chi connectivity index (χ0n) is 12.0. The van der Waals surface area contributed by atoms with Crippen molar-refractivity contribution in [3.63, 3.8) is 0 Å². The molecule has 1 heterocycles. The average Bonchev–Trinajstić information content (AvgIpc) is 2.39. The predicted molar refractivity (Wildman–Crippen MR) is 78.8 cm³/mol. The summed E-state index contributed by atoms with van der Waals surface area (Å²) >= 11 is 0. The highest BCUT2D eigenvalue weighted by atomic mass is 31.2. The fraction of sp³-hybridized carbons (Fsp3) is 0.429. The number of aryl methyl sites for hydroxylation is 1. The predicted octanol–water partition coefficient (Wildman–Crippen LogP) is 3.70. The van der Waals surface area contributed by atoms with Gasteiger partial charge in [-0.05, 0) is 26.8 Å². The third-order valence-electron chi connectivity index (χ3n) is 2.83. The van der Waals surface area contributed by atoms with Gasteiger partial charge in [0, 0.05) is 11.1 Å². The molecule has 0 radical (unpaired) electrons. The van der Waals surface area contributed by atoms with Crippen LogP contribution in [0.3, 0.4) is 0 Å². The molecule has 20 heavy (non-hydrogen) atoms. The molecular weight excluding hydrogens is 275 g/mol. The minimum absolute atomic E-state index is 0.0976. The van der Waals surface area contributed by atoms with Crippen molar-refractivity contribution < 1.29 is 13.6 Å². The van der Waals surface area contributed by atoms with Crippen LogP contribution in [-0.2, 0) is 19.8 Å². The van der Waals surface area contributed by atoms with E-state index in [-0.39, 0.29) is 6.16 Å². The van der Waals surface area contributed by atoms with E-state index >= 15 is 0 Å². The summed E-state index contributed by atoms with van der Waals surface area (Å²) in [5.41, 5.74) is 1.71. The van der Waals surface area contributed by atoms with E-state index in [2.05, 4.69) is 9.97 Å². The molecule has 6 heteroatoms. The molecule has 2 aromatic rings. The third-order valence-corrected chi connectivity index (χ3v) is 4.80. The number of fused-ring (bicyclic) bond motifs is 1. The lowest BCUT2D eigenvalue weighted by Gasteiger charge is -2.16. The van der Waals surface area contributed by atoms with Gasteiger partial charge in [0.25, 0.3) is 0 Å². The number of aromatic nitrogens is 2. The first kappa shape index (κ1) is 15.1. The maximum atomic E-state index is 12.5. The monoisotopic (exact) mass is 294 g/mol. The van der Waals surface area contributed by atoms with Crippen LogP contribution in [0.15, 0.2) is 24.3 Å². The number of rotatable bonds is 6. The van der Waals surface area contributed by atoms with Crippen LogP contribution in [0, 0.1) is 6.92 Å². The molecule has 0 atom stereocenters. The highest BCUT2D eigenvalue weighted by molar-refractivity contribution is 7.53. The summed E-state index contributed by atoms with van der Waals surface area (Å²) in [5.74, 6) is 0.492. The van der Waals surface area contributed by atoms with Gasteiger partial charge in [0.2, 0.25) is 0 Å². The molecule has 0 amide bonds. The molecule has 0 unspecified atom stereocenters. The first-order chi connectivity index (χ1) is 9.58. The van der Waals surface area contributed by atoms with Crippen molar-refractivity contribution in [2.45, 2.75) is 26.9 Å². The summed E-state index contributed by atoms with van der Waals surface area (Å²) in [6.45, 7) is 6.17. The van der Waals surface area contributed by atoms with E-state index in [1.54, 1.807) is 13.8 Å². The lowest BCUT2D eigenvalue weighted by atomic mass is 10.2. The summed E-state index contributed by atoms with van der Waals surface area (Å²) in [6, 6.07) is 7.76. The van der Waals surface area contributed by atoms with Crippen molar-refractivity contribution in [1.29, 1.82) is 0 Å². The number of para-hydroxylation sites is 1. The van der Waals surface area contributed by atoms with Crippen LogP contribution in [0.2, 0.25) is 0 Å². The second-order valence-electron chi connectivity index (χ2n) is 4.35. The Labute approximate surface area is 118 Å². The molecule has 0 fully saturated rings. The Bertz CT molecular complexity index is 635. The van der Waals surface area contributed by atoms with Crippen molar-refractivity contribution in [2.75, 3.05) is 13.2 Å². The van der Waals surface area contributed by atoms with Crippen molar-refractivity contribution in [3.8, 4) is 0 Å². The Morgan fingerprint density at radius 3 is 2.40 bits per heavy atom. The van der Waals surface area contributed by atoms with Gasteiger partial charge in [-0.2, -0.15) is 0 Å². The normalized spacial score (nSPS) is 11.9. The van der Waals surface area contributed by atoms with E-state index in [4.69, 9.17) is 9.05 Å². The summed E-state index contributed by atoms with van der Waals surface area (Å²) in [7, 11) is -3.16. The highest BCUT2D eigenvalue weighted by Gasteiger charge is 2.26. The van der Waals surface area contributed by atoms with Crippen molar-refractivity contribution in [1.82, 2.24) is 9.97 Å². The van der Waals surface area contributed by atoms with E-state index in [0.29, 0.717) is 19.0 Å². The topological polar surface area (TPSA) is 61.3 Å². The summed E-state index contributed by atoms with van der Waals surface area (Å²) in [4.78, 5) is 8.85. The Morgan fingerprint density at radius 2 is 1.75 bits per heavy atom. The molecule has 0 saturated heterocycles. The fourth-order valence-corrected chi connectivity index (χ4v) is 3.59. The van der Waals surface area contributed by atoms with Gasteiger partial charge in [0.05, 0.1) is 18.7 Å². The quantitative estimate of drug-likeness (QED) is 0.760. The molecule has 1 aromatic carbocycles. The maximum Gasteiger partial charge on any atom is 0.338 e. The molecule has 0 saturated carbocycles. The molecule has 5 nitrogen and oxygen atoms in total. The Morgan fingerprint density at radius 1 is 1.10 bits per heavy atom. The summed E-state index contributed by atoms with van der Waals surface area (Å²) in [6.07, 6.45) is 0.0976. The van der Waals surface area contributed by atoms with E-state index in [0.717, 1.165) is 16.6 Å². The molecule has 108 valence electrons. The van der Waals surface area contributed by atoms with Crippen molar-refractivity contribution in [2.24, 2.45) is 0 Å². The van der Waals surface area contributed by atoms with Crippen LogP contribution >= 0.6 is 7.60 Å². The number of benzene rings is 1. The molecular formula is C14H19N2O3P. The molecule has 0 bridgehead atoms. The molecule has 0 aliphatic heterocycles. The molecule has 0 spiro atoms. The molecule has 0 N–H and O–H groups in total. The summed E-state index contributed by atoms with van der Waals surface area (Å²) in [5, 5.41) is 0.999. The van der Waals surface area contributed by atoms with Gasteiger partial charge in [-0.1, -0.05) is 18.2 Å². The van der Waals surface area contributed by atoms with E-state index in [9.17, 15) is 4.57 Å². The number of nitrogens with zero attached hydrogens (tertiary/aromatic N) is 2. The van der Waals surface area contributed by atoms with Gasteiger partial charge in [0.15, 0.2) is 0 Å². The standard InChI is InChI=1S/C14H19N2O3P/c1-4-18-20(17,19-5-2)10-14-15-11(3)12-8-6-7-9-13(12)16-14/h6-9H,4-5,10H2,1-3H3. The largest absolute Gasteiger partial charge is 0.338 e. The zero-order valence-corrected chi connectivity index (χ0v) is 12.9. The lowest BCUT2D eigenvalue weighted by Crippen LogP contribution is -2.04. The van der Waals surface area contributed by atoms with Crippen LogP contribution in [0.25, 0.3) is 10.9 Å². The highest BCUT2D eigenvalue weighted by Crippen LogP contribution is 2.50. The van der Waals surface area contributed by atoms with Gasteiger partial charge in [-0.15, -0.1) is 0 Å². The first-order valence-corrected chi connectivity index (χ1v) is 8.41. The Kier molecular flexibility index (Phi) is 4.86. The minimum Gasteiger partial charge on any atom is -0.309 e. The Balaban J connectivity index is 2.35. The average molecular weight is 294 g/mol. The van der Waals surface area contributed by atoms with Crippen LogP contribution in [0.5, 0.6) is 0 Å². The van der Waals surface area contributed by atoms with Gasteiger partial charge in [-0.25, -0.2) is 9.97 Å². The van der Waals surface area contributed by atoms with E-state index in [1.165, 1.54) is 0 Å². The first-order valence-electron chi connectivity index (χ1n) is 6.68. The van der Waals surface area contributed by atoms with Crippen molar-refractivity contribution in [3.05, 3.63) is 35.8 Å². The smallest absolute Gasteiger partial charge is 0.309 e. The summed E-state index contributed by atoms with van der Waals surface area (Å²) < 4.78 is 23.1. The molecule has 1 aromatic heterocycles. The van der Waals surface area contributed by atoms with Gasteiger partial charge >= 0.3 is 7.60 Å². The lowest BCUT2D eigenvalue weighted by molar-refractivity contribution is 0.218. The third kappa shape index (κ3) is 3.42. The van der Waals surface area contributed by atoms with Gasteiger partial charge < -0.3 is 9.05 Å². The maximum absolute atomic E-state index is 12.5. The SMILES string of the molecule is CCOP(=O)(Cc1nc(C)c2ccccc2n1)OCC. The molecule has 0 aliphatic carbocycles. The van der Waals surface area contributed by atoms with Crippen LogP contribution in [-0.4, -0.2) is 23.2 Å². The van der Waals surface area contributed by atoms with Crippen LogP contribution in [0.1, 0.15) is 25.4 Å². The fourth-order valence-electron chi connectivity index (χ4n) is 2.06. The molecule has 0 aliphatic rings. The number of hydrogen-bond donors (Lipinski definition) is 0. The minimum atomic E-state index is -3.16. The second kappa shape index (κ2) is 6.44. The zero-order chi connectivity index (χ0) is 14.6. The van der Waals surface area contributed by atoms with Crippen molar-refractivity contribution >= 4 is 18.5 Å². The Hall–Kier alpha value is -1.29.